The molecule has 1 saturated heterocycles. The molecule has 2 amide bonds. The number of hydrogen-bond donors (Lipinski definition) is 1. The van der Waals surface area contributed by atoms with Crippen LogP contribution in [-0.4, -0.2) is 67.9 Å². The lowest BCUT2D eigenvalue weighted by atomic mass is 10.1. The molecule has 166 valence electrons. The van der Waals surface area contributed by atoms with Gasteiger partial charge in [-0.15, -0.1) is 0 Å². The Labute approximate surface area is 185 Å². The Morgan fingerprint density at radius 3 is 2.10 bits per heavy atom. The zero-order valence-electron chi connectivity index (χ0n) is 19.4. The summed E-state index contributed by atoms with van der Waals surface area (Å²) in [5, 5.41) is 2.98. The van der Waals surface area contributed by atoms with Crippen molar-refractivity contribution in [3.8, 4) is 0 Å². The van der Waals surface area contributed by atoms with Gasteiger partial charge in [0.1, 0.15) is 0 Å². The Morgan fingerprint density at radius 1 is 0.871 bits per heavy atom. The number of para-hydroxylation sites is 1. The lowest BCUT2D eigenvalue weighted by molar-refractivity contribution is -0.132. The number of aryl methyl sites for hydroxylation is 3. The molecular weight excluding hydrogens is 388 g/mol. The zero-order chi connectivity index (χ0) is 22.5. The van der Waals surface area contributed by atoms with E-state index in [1.165, 1.54) is 16.8 Å². The van der Waals surface area contributed by atoms with Gasteiger partial charge in [0.2, 0.25) is 11.8 Å². The van der Waals surface area contributed by atoms with E-state index in [9.17, 15) is 9.59 Å². The summed E-state index contributed by atoms with van der Waals surface area (Å²) in [5.74, 6) is -0.0320. The van der Waals surface area contributed by atoms with Crippen LogP contribution in [0.1, 0.15) is 22.3 Å². The maximum atomic E-state index is 12.8. The first-order valence-electron chi connectivity index (χ1n) is 10.9. The predicted octanol–water partition coefficient (Wildman–Crippen LogP) is 3.14. The topological polar surface area (TPSA) is 55.9 Å². The number of hydrogen-bond acceptors (Lipinski definition) is 4. The first-order valence-corrected chi connectivity index (χ1v) is 10.9. The lowest BCUT2D eigenvalue weighted by Gasteiger charge is -2.37. The molecule has 0 aliphatic carbocycles. The molecule has 2 aromatic rings. The molecule has 0 unspecified atom stereocenters. The van der Waals surface area contributed by atoms with E-state index in [0.717, 1.165) is 29.9 Å². The van der Waals surface area contributed by atoms with E-state index < -0.39 is 0 Å². The fraction of sp³-hybridized carbons (Fsp3) is 0.440. The van der Waals surface area contributed by atoms with Crippen LogP contribution < -0.4 is 10.2 Å². The minimum Gasteiger partial charge on any atom is -0.368 e. The van der Waals surface area contributed by atoms with Crippen LogP contribution in [0.5, 0.6) is 0 Å². The van der Waals surface area contributed by atoms with Crippen LogP contribution in [-0.2, 0) is 9.59 Å². The van der Waals surface area contributed by atoms with Crippen LogP contribution in [0.4, 0.5) is 11.4 Å². The fourth-order valence-electron chi connectivity index (χ4n) is 4.10. The number of carbonyl (C=O) groups excluding carboxylic acids is 2. The van der Waals surface area contributed by atoms with Crippen LogP contribution in [0.2, 0.25) is 0 Å². The van der Waals surface area contributed by atoms with Gasteiger partial charge in [0, 0.05) is 37.6 Å². The molecular formula is C25H34N4O2. The second kappa shape index (κ2) is 9.96. The van der Waals surface area contributed by atoms with Gasteiger partial charge >= 0.3 is 0 Å². The van der Waals surface area contributed by atoms with Gasteiger partial charge in [-0.05, 0) is 63.1 Å². The molecule has 0 bridgehead atoms. The van der Waals surface area contributed by atoms with Gasteiger partial charge in [-0.2, -0.15) is 0 Å². The van der Waals surface area contributed by atoms with Crippen LogP contribution in [0.25, 0.3) is 0 Å². The number of carbonyl (C=O) groups is 2. The summed E-state index contributed by atoms with van der Waals surface area (Å²) < 4.78 is 0. The number of nitrogens with zero attached hydrogens (tertiary/aromatic N) is 3. The standard InChI is InChI=1S/C25H34N4O2/c1-18-8-7-11-22(21(18)4)28-12-14-29(15-13-28)24(31)17-27(5)16-23(30)26-25-19(2)9-6-10-20(25)3/h6-11H,12-17H2,1-5H3,(H,26,30). The van der Waals surface area contributed by atoms with Gasteiger partial charge in [-0.25, -0.2) is 0 Å². The van der Waals surface area contributed by atoms with Crippen LogP contribution >= 0.6 is 0 Å². The number of piperazine rings is 1. The van der Waals surface area contributed by atoms with E-state index in [-0.39, 0.29) is 24.9 Å². The van der Waals surface area contributed by atoms with Crippen molar-refractivity contribution in [2.24, 2.45) is 0 Å². The van der Waals surface area contributed by atoms with Crippen molar-refractivity contribution >= 4 is 23.2 Å². The fourth-order valence-corrected chi connectivity index (χ4v) is 4.10. The number of likely N-dealkylation sites (N-methyl/N-ethyl adjacent to an activating group) is 1. The van der Waals surface area contributed by atoms with Crippen molar-refractivity contribution in [1.29, 1.82) is 0 Å². The monoisotopic (exact) mass is 422 g/mol. The highest BCUT2D eigenvalue weighted by molar-refractivity contribution is 5.94. The molecule has 1 heterocycles. The molecule has 1 aliphatic heterocycles. The number of benzene rings is 2. The summed E-state index contributed by atoms with van der Waals surface area (Å²) in [6.45, 7) is 11.7. The highest BCUT2D eigenvalue weighted by Gasteiger charge is 2.23. The van der Waals surface area contributed by atoms with Crippen molar-refractivity contribution in [1.82, 2.24) is 9.80 Å². The van der Waals surface area contributed by atoms with Crippen LogP contribution in [0.15, 0.2) is 36.4 Å². The van der Waals surface area contributed by atoms with Crippen LogP contribution in [0.3, 0.4) is 0 Å². The third-order valence-electron chi connectivity index (χ3n) is 6.11. The van der Waals surface area contributed by atoms with Crippen molar-refractivity contribution in [3.05, 3.63) is 58.7 Å². The summed E-state index contributed by atoms with van der Waals surface area (Å²) in [4.78, 5) is 31.3. The third kappa shape index (κ3) is 5.64. The molecule has 3 rings (SSSR count). The molecule has 1 aliphatic rings. The van der Waals surface area contributed by atoms with Crippen LogP contribution in [0, 0.1) is 27.7 Å². The van der Waals surface area contributed by atoms with Gasteiger partial charge in [0.15, 0.2) is 0 Å². The van der Waals surface area contributed by atoms with E-state index in [2.05, 4.69) is 42.3 Å². The average molecular weight is 423 g/mol. The SMILES string of the molecule is Cc1cccc(N2CCN(C(=O)CN(C)CC(=O)Nc3c(C)cccc3C)CC2)c1C. The van der Waals surface area contributed by atoms with E-state index in [4.69, 9.17) is 0 Å². The Kier molecular flexibility index (Phi) is 7.33. The molecule has 31 heavy (non-hydrogen) atoms. The summed E-state index contributed by atoms with van der Waals surface area (Å²) in [7, 11) is 1.81. The summed E-state index contributed by atoms with van der Waals surface area (Å²) >= 11 is 0. The quantitative estimate of drug-likeness (QED) is 0.777. The molecule has 6 nitrogen and oxygen atoms in total. The van der Waals surface area contributed by atoms with E-state index in [1.807, 2.05) is 44.0 Å². The average Bonchev–Trinajstić information content (AvgIpc) is 2.73. The second-order valence-electron chi connectivity index (χ2n) is 8.57. The zero-order valence-corrected chi connectivity index (χ0v) is 19.4. The molecule has 1 N–H and O–H groups in total. The summed E-state index contributed by atoms with van der Waals surface area (Å²) in [6.07, 6.45) is 0. The molecule has 0 atom stereocenters. The molecule has 0 spiro atoms. The van der Waals surface area contributed by atoms with Gasteiger partial charge in [0.05, 0.1) is 13.1 Å². The number of anilines is 2. The minimum atomic E-state index is -0.104. The largest absolute Gasteiger partial charge is 0.368 e. The molecule has 0 aromatic heterocycles. The van der Waals surface area contributed by atoms with Gasteiger partial charge in [0.25, 0.3) is 0 Å². The maximum absolute atomic E-state index is 12.8. The number of nitrogens with one attached hydrogen (secondary N) is 1. The first kappa shape index (κ1) is 22.8. The summed E-state index contributed by atoms with van der Waals surface area (Å²) in [6, 6.07) is 12.3. The Bertz CT molecular complexity index is 928. The molecule has 0 radical (unpaired) electrons. The van der Waals surface area contributed by atoms with Crippen molar-refractivity contribution < 1.29 is 9.59 Å². The van der Waals surface area contributed by atoms with Crippen molar-refractivity contribution in [2.45, 2.75) is 27.7 Å². The third-order valence-corrected chi connectivity index (χ3v) is 6.11. The Balaban J connectivity index is 1.48. The van der Waals surface area contributed by atoms with E-state index >= 15 is 0 Å². The smallest absolute Gasteiger partial charge is 0.238 e. The molecule has 2 aromatic carbocycles. The van der Waals surface area contributed by atoms with Gasteiger partial charge < -0.3 is 15.1 Å². The normalized spacial score (nSPS) is 14.1. The van der Waals surface area contributed by atoms with Gasteiger partial charge in [-0.1, -0.05) is 30.3 Å². The predicted molar refractivity (Wildman–Crippen MR) is 127 cm³/mol. The number of amides is 2. The Hall–Kier alpha value is -2.86. The van der Waals surface area contributed by atoms with Gasteiger partial charge in [-0.3, -0.25) is 14.5 Å². The van der Waals surface area contributed by atoms with Crippen molar-refractivity contribution in [3.63, 3.8) is 0 Å². The van der Waals surface area contributed by atoms with Crippen molar-refractivity contribution in [2.75, 3.05) is 56.5 Å². The molecule has 1 fully saturated rings. The maximum Gasteiger partial charge on any atom is 0.238 e. The highest BCUT2D eigenvalue weighted by Crippen LogP contribution is 2.24. The molecule has 0 saturated carbocycles. The minimum absolute atomic E-state index is 0.0722. The highest BCUT2D eigenvalue weighted by atomic mass is 16.2. The molecule has 6 heteroatoms. The lowest BCUT2D eigenvalue weighted by Crippen LogP contribution is -2.51. The summed E-state index contributed by atoms with van der Waals surface area (Å²) in [5.41, 5.74) is 6.78. The first-order chi connectivity index (χ1) is 14.8. The Morgan fingerprint density at radius 2 is 1.45 bits per heavy atom. The van der Waals surface area contributed by atoms with E-state index in [1.54, 1.807) is 4.90 Å². The number of rotatable bonds is 6. The second-order valence-corrected chi connectivity index (χ2v) is 8.57. The van der Waals surface area contributed by atoms with E-state index in [0.29, 0.717) is 13.1 Å².